The molecule has 126 valence electrons. The Labute approximate surface area is 135 Å². The molecule has 2 aromatic rings. The molecule has 24 heavy (non-hydrogen) atoms. The van der Waals surface area contributed by atoms with Crippen LogP contribution in [0.5, 0.6) is 11.5 Å². The van der Waals surface area contributed by atoms with Crippen molar-refractivity contribution in [2.24, 2.45) is 0 Å². The standard InChI is InChI=1S/C17H12F4O3/c1-23-16-8-11(4-7-15(16)24-17(20)21)14(22)6-3-10-2-5-12(18)9-13(10)19/h2-9,17H,1H3/b6-3+. The Morgan fingerprint density at radius 3 is 2.46 bits per heavy atom. The summed E-state index contributed by atoms with van der Waals surface area (Å²) in [6.45, 7) is -3.03. The molecule has 0 amide bonds. The van der Waals surface area contributed by atoms with Gasteiger partial charge in [0, 0.05) is 17.2 Å². The number of allylic oxidation sites excluding steroid dienone is 1. The number of alkyl halides is 2. The van der Waals surface area contributed by atoms with Crippen LogP contribution in [0.3, 0.4) is 0 Å². The molecule has 0 heterocycles. The first kappa shape index (κ1) is 17.5. The van der Waals surface area contributed by atoms with Gasteiger partial charge in [0.25, 0.3) is 0 Å². The number of hydrogen-bond donors (Lipinski definition) is 0. The van der Waals surface area contributed by atoms with E-state index in [0.29, 0.717) is 6.07 Å². The number of ether oxygens (including phenoxy) is 2. The van der Waals surface area contributed by atoms with Crippen LogP contribution >= 0.6 is 0 Å². The van der Waals surface area contributed by atoms with Crippen molar-refractivity contribution in [3.63, 3.8) is 0 Å². The number of hydrogen-bond acceptors (Lipinski definition) is 3. The first-order valence-electron chi connectivity index (χ1n) is 6.71. The number of methoxy groups -OCH3 is 1. The number of carbonyl (C=O) groups is 1. The third-order valence-electron chi connectivity index (χ3n) is 3.04. The molecule has 2 aromatic carbocycles. The minimum atomic E-state index is -3.03. The summed E-state index contributed by atoms with van der Waals surface area (Å²) >= 11 is 0. The van der Waals surface area contributed by atoms with Crippen LogP contribution in [0.2, 0.25) is 0 Å². The van der Waals surface area contributed by atoms with Crippen LogP contribution < -0.4 is 9.47 Å². The monoisotopic (exact) mass is 340 g/mol. The molecule has 0 aliphatic rings. The van der Waals surface area contributed by atoms with Gasteiger partial charge in [0.05, 0.1) is 7.11 Å². The van der Waals surface area contributed by atoms with Crippen LogP contribution in [0.4, 0.5) is 17.6 Å². The van der Waals surface area contributed by atoms with E-state index in [2.05, 4.69) is 4.74 Å². The zero-order valence-corrected chi connectivity index (χ0v) is 12.4. The van der Waals surface area contributed by atoms with E-state index >= 15 is 0 Å². The molecule has 0 spiro atoms. The van der Waals surface area contributed by atoms with Gasteiger partial charge in [-0.25, -0.2) is 8.78 Å². The molecule has 0 bridgehead atoms. The molecule has 2 rings (SSSR count). The highest BCUT2D eigenvalue weighted by molar-refractivity contribution is 6.07. The second kappa shape index (κ2) is 7.63. The lowest BCUT2D eigenvalue weighted by molar-refractivity contribution is -0.0512. The van der Waals surface area contributed by atoms with E-state index in [1.807, 2.05) is 0 Å². The Balaban J connectivity index is 2.21. The van der Waals surface area contributed by atoms with Crippen LogP contribution in [0.25, 0.3) is 6.08 Å². The highest BCUT2D eigenvalue weighted by Crippen LogP contribution is 2.29. The summed E-state index contributed by atoms with van der Waals surface area (Å²) in [5.41, 5.74) is 0.168. The van der Waals surface area contributed by atoms with Crippen molar-refractivity contribution in [3.8, 4) is 11.5 Å². The minimum absolute atomic E-state index is 0.0365. The molecule has 7 heteroatoms. The predicted molar refractivity (Wildman–Crippen MR) is 79.3 cm³/mol. The first-order valence-corrected chi connectivity index (χ1v) is 6.71. The maximum absolute atomic E-state index is 13.5. The van der Waals surface area contributed by atoms with Crippen LogP contribution in [0.1, 0.15) is 15.9 Å². The van der Waals surface area contributed by atoms with Crippen molar-refractivity contribution >= 4 is 11.9 Å². The smallest absolute Gasteiger partial charge is 0.387 e. The third kappa shape index (κ3) is 4.34. The van der Waals surface area contributed by atoms with Gasteiger partial charge in [-0.1, -0.05) is 0 Å². The molecule has 0 radical (unpaired) electrons. The topological polar surface area (TPSA) is 35.5 Å². The lowest BCUT2D eigenvalue weighted by atomic mass is 10.1. The van der Waals surface area contributed by atoms with Gasteiger partial charge in [-0.15, -0.1) is 0 Å². The van der Waals surface area contributed by atoms with Crippen molar-refractivity contribution in [1.29, 1.82) is 0 Å². The average Bonchev–Trinajstić information content (AvgIpc) is 2.53. The molecule has 0 aliphatic heterocycles. The molecule has 0 aliphatic carbocycles. The summed E-state index contributed by atoms with van der Waals surface area (Å²) in [4.78, 5) is 12.1. The Morgan fingerprint density at radius 2 is 1.83 bits per heavy atom. The van der Waals surface area contributed by atoms with Gasteiger partial charge in [-0.2, -0.15) is 8.78 Å². The van der Waals surface area contributed by atoms with Crippen molar-refractivity contribution in [2.75, 3.05) is 7.11 Å². The maximum atomic E-state index is 13.5. The molecule has 0 atom stereocenters. The number of carbonyl (C=O) groups excluding carboxylic acids is 1. The Bertz CT molecular complexity index is 772. The van der Waals surface area contributed by atoms with Crippen LogP contribution in [-0.2, 0) is 0 Å². The average molecular weight is 340 g/mol. The van der Waals surface area contributed by atoms with Gasteiger partial charge < -0.3 is 9.47 Å². The van der Waals surface area contributed by atoms with E-state index in [1.54, 1.807) is 0 Å². The minimum Gasteiger partial charge on any atom is -0.493 e. The van der Waals surface area contributed by atoms with Gasteiger partial charge in [-0.05, 0) is 42.5 Å². The third-order valence-corrected chi connectivity index (χ3v) is 3.04. The number of rotatable bonds is 6. The summed E-state index contributed by atoms with van der Waals surface area (Å²) in [5.74, 6) is -2.30. The maximum Gasteiger partial charge on any atom is 0.387 e. The molecular formula is C17H12F4O3. The fraction of sp³-hybridized carbons (Fsp3) is 0.118. The highest BCUT2D eigenvalue weighted by atomic mass is 19.3. The van der Waals surface area contributed by atoms with Gasteiger partial charge >= 0.3 is 6.61 Å². The lowest BCUT2D eigenvalue weighted by Gasteiger charge is -2.10. The number of halogens is 4. The molecule has 0 N–H and O–H groups in total. The zero-order chi connectivity index (χ0) is 17.7. The van der Waals surface area contributed by atoms with Crippen LogP contribution in [0, 0.1) is 11.6 Å². The van der Waals surface area contributed by atoms with Gasteiger partial charge in [0.2, 0.25) is 0 Å². The van der Waals surface area contributed by atoms with E-state index in [1.165, 1.54) is 37.5 Å². The van der Waals surface area contributed by atoms with Crippen LogP contribution in [0.15, 0.2) is 42.5 Å². The first-order chi connectivity index (χ1) is 11.4. The quantitative estimate of drug-likeness (QED) is 0.442. The lowest BCUT2D eigenvalue weighted by Crippen LogP contribution is -2.04. The van der Waals surface area contributed by atoms with Gasteiger partial charge in [0.15, 0.2) is 17.3 Å². The summed E-state index contributed by atoms with van der Waals surface area (Å²) < 4.78 is 60.0. The highest BCUT2D eigenvalue weighted by Gasteiger charge is 2.13. The van der Waals surface area contributed by atoms with E-state index in [-0.39, 0.29) is 22.6 Å². The van der Waals surface area contributed by atoms with Gasteiger partial charge in [-0.3, -0.25) is 4.79 Å². The molecule has 0 unspecified atom stereocenters. The molecule has 3 nitrogen and oxygen atoms in total. The Hall–Kier alpha value is -2.83. The normalized spacial score (nSPS) is 11.1. The summed E-state index contributed by atoms with van der Waals surface area (Å²) in [6, 6.07) is 6.62. The van der Waals surface area contributed by atoms with E-state index < -0.39 is 24.0 Å². The van der Waals surface area contributed by atoms with Crippen molar-refractivity contribution < 1.29 is 31.8 Å². The molecule has 0 saturated carbocycles. The Morgan fingerprint density at radius 1 is 1.08 bits per heavy atom. The molecular weight excluding hydrogens is 328 g/mol. The van der Waals surface area contributed by atoms with E-state index in [4.69, 9.17) is 4.74 Å². The van der Waals surface area contributed by atoms with Crippen molar-refractivity contribution in [3.05, 3.63) is 65.2 Å². The molecule has 0 fully saturated rings. The largest absolute Gasteiger partial charge is 0.493 e. The summed E-state index contributed by atoms with van der Waals surface area (Å²) in [5, 5.41) is 0. The van der Waals surface area contributed by atoms with Gasteiger partial charge in [0.1, 0.15) is 11.6 Å². The second-order valence-corrected chi connectivity index (χ2v) is 4.61. The fourth-order valence-corrected chi connectivity index (χ4v) is 1.91. The zero-order valence-electron chi connectivity index (χ0n) is 12.4. The molecule has 0 aromatic heterocycles. The number of benzene rings is 2. The predicted octanol–water partition coefficient (Wildman–Crippen LogP) is 4.47. The number of ketones is 1. The summed E-state index contributed by atoms with van der Waals surface area (Å²) in [6.07, 6.45) is 2.27. The van der Waals surface area contributed by atoms with E-state index in [9.17, 15) is 22.4 Å². The second-order valence-electron chi connectivity index (χ2n) is 4.61. The van der Waals surface area contributed by atoms with Crippen molar-refractivity contribution in [2.45, 2.75) is 6.61 Å². The molecule has 0 saturated heterocycles. The SMILES string of the molecule is COc1cc(C(=O)/C=C/c2ccc(F)cc2F)ccc1OC(F)F. The fourth-order valence-electron chi connectivity index (χ4n) is 1.91. The van der Waals surface area contributed by atoms with Crippen molar-refractivity contribution in [1.82, 2.24) is 0 Å². The summed E-state index contributed by atoms with van der Waals surface area (Å²) in [7, 11) is 1.24. The van der Waals surface area contributed by atoms with Crippen LogP contribution in [-0.4, -0.2) is 19.5 Å². The van der Waals surface area contributed by atoms with E-state index in [0.717, 1.165) is 12.1 Å². The Kier molecular flexibility index (Phi) is 5.57.